The number of carbonyl (C=O) groups is 2. The van der Waals surface area contributed by atoms with E-state index in [2.05, 4.69) is 27.2 Å². The molecule has 8 nitrogen and oxygen atoms in total. The van der Waals surface area contributed by atoms with E-state index >= 15 is 0 Å². The highest BCUT2D eigenvalue weighted by atomic mass is 32.2. The lowest BCUT2D eigenvalue weighted by atomic mass is 9.72. The number of carbonyl (C=O) groups excluding carboxylic acids is 2. The minimum Gasteiger partial charge on any atom is -0.497 e. The number of benzene rings is 3. The maximum atomic E-state index is 14.9. The molecule has 0 aliphatic carbocycles. The van der Waals surface area contributed by atoms with Crippen LogP contribution in [0.4, 0.5) is 11.4 Å². The molecule has 4 aliphatic rings. The summed E-state index contributed by atoms with van der Waals surface area (Å²) in [6, 6.07) is 25.6. The molecule has 3 unspecified atom stereocenters. The van der Waals surface area contributed by atoms with Gasteiger partial charge in [0.1, 0.15) is 23.8 Å². The first-order chi connectivity index (χ1) is 18.5. The van der Waals surface area contributed by atoms with Crippen LogP contribution in [-0.4, -0.2) is 65.6 Å². The number of hydrogen-bond donors (Lipinski definition) is 1. The minimum absolute atomic E-state index is 0.0792. The highest BCUT2D eigenvalue weighted by Gasteiger charge is 2.78. The van der Waals surface area contributed by atoms with Crippen LogP contribution in [0.2, 0.25) is 0 Å². The van der Waals surface area contributed by atoms with Gasteiger partial charge in [-0.15, -0.1) is 0 Å². The van der Waals surface area contributed by atoms with Crippen LogP contribution in [0, 0.1) is 0 Å². The van der Waals surface area contributed by atoms with E-state index in [-0.39, 0.29) is 17.7 Å². The maximum absolute atomic E-state index is 14.9. The van der Waals surface area contributed by atoms with Crippen molar-refractivity contribution in [2.45, 2.75) is 16.2 Å². The van der Waals surface area contributed by atoms with Crippen LogP contribution in [0.15, 0.2) is 83.9 Å². The van der Waals surface area contributed by atoms with Gasteiger partial charge in [-0.3, -0.25) is 19.4 Å². The number of aliphatic imine (C=N–C) groups is 1. The second-order valence-corrected chi connectivity index (χ2v) is 11.3. The predicted molar refractivity (Wildman–Crippen MR) is 148 cm³/mol. The third kappa shape index (κ3) is 2.88. The van der Waals surface area contributed by atoms with E-state index in [1.807, 2.05) is 73.8 Å². The number of amidine groups is 1. The molecule has 3 atom stereocenters. The molecule has 38 heavy (non-hydrogen) atoms. The third-order valence-electron chi connectivity index (χ3n) is 8.33. The number of likely N-dealkylation sites (N-methyl/N-ethyl adjacent to an activating group) is 1. The lowest BCUT2D eigenvalue weighted by molar-refractivity contribution is -0.138. The first-order valence-electron chi connectivity index (χ1n) is 12.6. The zero-order valence-corrected chi connectivity index (χ0v) is 21.9. The lowest BCUT2D eigenvalue weighted by Gasteiger charge is -2.41. The Bertz CT molecular complexity index is 1480. The highest BCUT2D eigenvalue weighted by Crippen LogP contribution is 2.65. The molecule has 0 aromatic heterocycles. The fourth-order valence-electron chi connectivity index (χ4n) is 6.63. The Morgan fingerprint density at radius 1 is 1.00 bits per heavy atom. The van der Waals surface area contributed by atoms with Crippen LogP contribution in [0.25, 0.3) is 0 Å². The van der Waals surface area contributed by atoms with E-state index in [9.17, 15) is 9.59 Å². The van der Waals surface area contributed by atoms with Crippen LogP contribution < -0.4 is 15.0 Å². The molecule has 192 valence electrons. The van der Waals surface area contributed by atoms with Gasteiger partial charge in [0.05, 0.1) is 7.11 Å². The number of methoxy groups -OCH3 is 1. The topological polar surface area (TPSA) is 77.5 Å². The van der Waals surface area contributed by atoms with E-state index in [1.165, 1.54) is 11.8 Å². The summed E-state index contributed by atoms with van der Waals surface area (Å²) in [6.07, 6.45) is 0. The van der Waals surface area contributed by atoms with Gasteiger partial charge in [-0.25, -0.2) is 4.99 Å². The molecule has 3 aromatic rings. The molecular weight excluding hydrogens is 498 g/mol. The van der Waals surface area contributed by atoms with Crippen molar-refractivity contribution in [3.63, 3.8) is 0 Å². The molecule has 7 rings (SSSR count). The number of para-hydroxylation sites is 1. The molecular formula is C29H27N5O3S. The van der Waals surface area contributed by atoms with Crippen molar-refractivity contribution >= 4 is 40.1 Å². The van der Waals surface area contributed by atoms with Gasteiger partial charge in [-0.1, -0.05) is 60.3 Å². The third-order valence-corrected chi connectivity index (χ3v) is 9.93. The largest absolute Gasteiger partial charge is 0.497 e. The van der Waals surface area contributed by atoms with Crippen LogP contribution in [0.1, 0.15) is 17.0 Å². The Hall–Kier alpha value is -3.82. The first-order valence-corrected chi connectivity index (χ1v) is 13.4. The summed E-state index contributed by atoms with van der Waals surface area (Å²) in [5.41, 5.74) is 2.43. The fourth-order valence-corrected chi connectivity index (χ4v) is 8.35. The number of thioether (sulfide) groups is 1. The summed E-state index contributed by atoms with van der Waals surface area (Å²) in [4.78, 5) is 39.7. The number of nitrogens with zero attached hydrogens (tertiary/aromatic N) is 4. The Kier molecular flexibility index (Phi) is 5.12. The number of fused-ring (bicyclic) bond motifs is 4. The Labute approximate surface area is 225 Å². The van der Waals surface area contributed by atoms with E-state index < -0.39 is 10.3 Å². The van der Waals surface area contributed by atoms with E-state index in [0.717, 1.165) is 28.3 Å². The molecule has 2 spiro atoms. The Morgan fingerprint density at radius 2 is 1.74 bits per heavy atom. The first kappa shape index (κ1) is 23.3. The SMILES string of the molecule is COc1ccc(N2CN=C3SC4(C(=O)N3C2)C(c2ccccc2)CN(C)C42C(=O)Nc3ccccc32)cc1. The lowest BCUT2D eigenvalue weighted by Crippen LogP contribution is -2.62. The van der Waals surface area contributed by atoms with Gasteiger partial charge in [0, 0.05) is 29.4 Å². The summed E-state index contributed by atoms with van der Waals surface area (Å²) >= 11 is 1.46. The molecule has 1 N–H and O–H groups in total. The van der Waals surface area contributed by atoms with Crippen molar-refractivity contribution in [3.8, 4) is 5.75 Å². The second kappa shape index (κ2) is 8.34. The maximum Gasteiger partial charge on any atom is 0.251 e. The highest BCUT2D eigenvalue weighted by molar-refractivity contribution is 8.16. The number of likely N-dealkylation sites (tertiary alicyclic amines) is 1. The standard InChI is InChI=1S/C29H27N5O3S/c1-32-16-23(19-8-4-3-5-9-19)29(28(32)22-10-6-7-11-24(22)31-25(28)35)26(36)34-18-33(17-30-27(34)38-29)20-12-14-21(37-2)15-13-20/h3-15,23H,16-18H2,1-2H3,(H,31,35). The molecule has 3 aromatic carbocycles. The van der Waals surface area contributed by atoms with Crippen molar-refractivity contribution < 1.29 is 14.3 Å². The molecule has 0 saturated carbocycles. The van der Waals surface area contributed by atoms with E-state index in [0.29, 0.717) is 25.0 Å². The molecule has 4 heterocycles. The average molecular weight is 526 g/mol. The van der Waals surface area contributed by atoms with Gasteiger partial charge in [0.25, 0.3) is 5.91 Å². The number of rotatable bonds is 3. The number of amides is 2. The van der Waals surface area contributed by atoms with Crippen LogP contribution in [0.5, 0.6) is 5.75 Å². The van der Waals surface area contributed by atoms with E-state index in [1.54, 1.807) is 12.0 Å². The molecule has 4 aliphatic heterocycles. The van der Waals surface area contributed by atoms with Crippen molar-refractivity contribution in [2.75, 3.05) is 44.3 Å². The van der Waals surface area contributed by atoms with Gasteiger partial charge < -0.3 is 15.0 Å². The molecule has 0 radical (unpaired) electrons. The summed E-state index contributed by atoms with van der Waals surface area (Å²) in [7, 11) is 3.60. The number of hydrogen-bond acceptors (Lipinski definition) is 7. The van der Waals surface area contributed by atoms with Gasteiger partial charge in [-0.05, 0) is 42.9 Å². The van der Waals surface area contributed by atoms with Crippen LogP contribution in [0.3, 0.4) is 0 Å². The van der Waals surface area contributed by atoms with Crippen molar-refractivity contribution in [1.82, 2.24) is 9.80 Å². The van der Waals surface area contributed by atoms with Gasteiger partial charge >= 0.3 is 0 Å². The quantitative estimate of drug-likeness (QED) is 0.562. The van der Waals surface area contributed by atoms with Crippen molar-refractivity contribution in [2.24, 2.45) is 4.99 Å². The Balaban J connectivity index is 1.37. The van der Waals surface area contributed by atoms with Crippen molar-refractivity contribution in [1.29, 1.82) is 0 Å². The van der Waals surface area contributed by atoms with Gasteiger partial charge in [0.2, 0.25) is 5.91 Å². The van der Waals surface area contributed by atoms with E-state index in [4.69, 9.17) is 9.73 Å². The molecule has 0 bridgehead atoms. The average Bonchev–Trinajstić information content (AvgIpc) is 3.53. The summed E-state index contributed by atoms with van der Waals surface area (Å²) in [5, 5.41) is 3.78. The number of ether oxygens (including phenoxy) is 1. The minimum atomic E-state index is -1.17. The van der Waals surface area contributed by atoms with Gasteiger partial charge in [0.15, 0.2) is 10.7 Å². The van der Waals surface area contributed by atoms with Crippen molar-refractivity contribution in [3.05, 3.63) is 90.0 Å². The zero-order valence-electron chi connectivity index (χ0n) is 21.1. The van der Waals surface area contributed by atoms with Gasteiger partial charge in [-0.2, -0.15) is 0 Å². The summed E-state index contributed by atoms with van der Waals surface area (Å²) < 4.78 is 4.19. The Morgan fingerprint density at radius 3 is 2.50 bits per heavy atom. The smallest absolute Gasteiger partial charge is 0.251 e. The monoisotopic (exact) mass is 525 g/mol. The van der Waals surface area contributed by atoms with Crippen LogP contribution in [-0.2, 0) is 15.1 Å². The fraction of sp³-hybridized carbons (Fsp3) is 0.276. The normalized spacial score (nSPS) is 28.1. The molecule has 2 fully saturated rings. The summed E-state index contributed by atoms with van der Waals surface area (Å²) in [5.74, 6) is 0.317. The number of anilines is 2. The summed E-state index contributed by atoms with van der Waals surface area (Å²) in [6.45, 7) is 1.35. The molecule has 2 amide bonds. The van der Waals surface area contributed by atoms with Crippen LogP contribution >= 0.6 is 11.8 Å². The number of nitrogens with one attached hydrogen (secondary N) is 1. The predicted octanol–water partition coefficient (Wildman–Crippen LogP) is 3.68. The zero-order chi connectivity index (χ0) is 26.1. The molecule has 2 saturated heterocycles. The molecule has 9 heteroatoms. The second-order valence-electron chi connectivity index (χ2n) is 10.1.